The van der Waals surface area contributed by atoms with Gasteiger partial charge in [0, 0.05) is 12.6 Å². The summed E-state index contributed by atoms with van der Waals surface area (Å²) >= 11 is 3.15. The van der Waals surface area contributed by atoms with Crippen LogP contribution >= 0.6 is 15.9 Å². The molecule has 2 atom stereocenters. The standard InChI is InChI=1S/C13H17BrFNO2/c1-8(13(17)18)7-16(3)9(2)10-4-5-12(15)11(14)6-10/h4-6,8-9H,7H2,1-3H3,(H,17,18). The lowest BCUT2D eigenvalue weighted by molar-refractivity contribution is -0.141. The highest BCUT2D eigenvalue weighted by Gasteiger charge is 2.18. The first-order valence-corrected chi connectivity index (χ1v) is 6.50. The van der Waals surface area contributed by atoms with Crippen molar-refractivity contribution in [2.75, 3.05) is 13.6 Å². The lowest BCUT2D eigenvalue weighted by Crippen LogP contribution is -2.30. The van der Waals surface area contributed by atoms with Gasteiger partial charge in [0.05, 0.1) is 10.4 Å². The van der Waals surface area contributed by atoms with E-state index in [1.165, 1.54) is 6.07 Å². The van der Waals surface area contributed by atoms with Gasteiger partial charge >= 0.3 is 5.97 Å². The lowest BCUT2D eigenvalue weighted by atomic mass is 10.1. The fourth-order valence-corrected chi connectivity index (χ4v) is 2.09. The van der Waals surface area contributed by atoms with Crippen molar-refractivity contribution in [3.05, 3.63) is 34.1 Å². The van der Waals surface area contributed by atoms with Gasteiger partial charge in [-0.2, -0.15) is 0 Å². The average molecular weight is 318 g/mol. The number of carboxylic acids is 1. The number of aliphatic carboxylic acids is 1. The summed E-state index contributed by atoms with van der Waals surface area (Å²) < 4.78 is 13.6. The Hall–Kier alpha value is -0.940. The molecule has 5 heteroatoms. The fourth-order valence-electron chi connectivity index (χ4n) is 1.69. The molecule has 18 heavy (non-hydrogen) atoms. The van der Waals surface area contributed by atoms with Crippen LogP contribution in [-0.4, -0.2) is 29.6 Å². The summed E-state index contributed by atoms with van der Waals surface area (Å²) in [5.74, 6) is -1.54. The van der Waals surface area contributed by atoms with Gasteiger partial charge in [0.15, 0.2) is 0 Å². The highest BCUT2D eigenvalue weighted by atomic mass is 79.9. The van der Waals surface area contributed by atoms with Crippen molar-refractivity contribution < 1.29 is 14.3 Å². The van der Waals surface area contributed by atoms with Crippen LogP contribution in [0.25, 0.3) is 0 Å². The molecule has 0 aliphatic rings. The second-order valence-corrected chi connectivity index (χ2v) is 5.38. The van der Waals surface area contributed by atoms with Gasteiger partial charge in [-0.15, -0.1) is 0 Å². The summed E-state index contributed by atoms with van der Waals surface area (Å²) in [6.45, 7) is 4.09. The van der Waals surface area contributed by atoms with Gasteiger partial charge in [-0.3, -0.25) is 9.69 Å². The van der Waals surface area contributed by atoms with Crippen molar-refractivity contribution in [3.8, 4) is 0 Å². The minimum absolute atomic E-state index is 0.0312. The Balaban J connectivity index is 2.76. The van der Waals surface area contributed by atoms with Gasteiger partial charge in [-0.05, 0) is 47.6 Å². The molecule has 0 spiro atoms. The Bertz CT molecular complexity index is 439. The van der Waals surface area contributed by atoms with E-state index in [4.69, 9.17) is 5.11 Å². The average Bonchev–Trinajstić information content (AvgIpc) is 2.31. The summed E-state index contributed by atoms with van der Waals surface area (Å²) in [6.07, 6.45) is 0. The van der Waals surface area contributed by atoms with Crippen LogP contribution < -0.4 is 0 Å². The maximum atomic E-state index is 13.1. The van der Waals surface area contributed by atoms with Gasteiger partial charge in [-0.25, -0.2) is 4.39 Å². The van der Waals surface area contributed by atoms with Crippen LogP contribution in [0.3, 0.4) is 0 Å². The van der Waals surface area contributed by atoms with Crippen molar-refractivity contribution in [3.63, 3.8) is 0 Å². The van der Waals surface area contributed by atoms with Crippen LogP contribution in [0.15, 0.2) is 22.7 Å². The Morgan fingerprint density at radius 3 is 2.61 bits per heavy atom. The van der Waals surface area contributed by atoms with Gasteiger partial charge in [0.1, 0.15) is 5.82 Å². The number of benzene rings is 1. The first-order valence-electron chi connectivity index (χ1n) is 5.71. The van der Waals surface area contributed by atoms with E-state index < -0.39 is 11.9 Å². The SMILES string of the molecule is CC(CN(C)C(C)c1ccc(F)c(Br)c1)C(=O)O. The molecule has 0 amide bonds. The number of nitrogens with zero attached hydrogens (tertiary/aromatic N) is 1. The van der Waals surface area contributed by atoms with Crippen molar-refractivity contribution in [2.24, 2.45) is 5.92 Å². The van der Waals surface area contributed by atoms with Crippen LogP contribution in [0.1, 0.15) is 25.5 Å². The molecule has 2 unspecified atom stereocenters. The van der Waals surface area contributed by atoms with Crippen molar-refractivity contribution in [1.29, 1.82) is 0 Å². The zero-order valence-corrected chi connectivity index (χ0v) is 12.2. The number of hydrogen-bond donors (Lipinski definition) is 1. The topological polar surface area (TPSA) is 40.5 Å². The van der Waals surface area contributed by atoms with E-state index in [9.17, 15) is 9.18 Å². The van der Waals surface area contributed by atoms with Crippen LogP contribution in [0.4, 0.5) is 4.39 Å². The quantitative estimate of drug-likeness (QED) is 0.905. The smallest absolute Gasteiger partial charge is 0.307 e. The zero-order valence-electron chi connectivity index (χ0n) is 10.7. The molecule has 0 saturated heterocycles. The molecule has 0 radical (unpaired) electrons. The van der Waals surface area contributed by atoms with Gasteiger partial charge < -0.3 is 5.11 Å². The van der Waals surface area contributed by atoms with Gasteiger partial charge in [0.25, 0.3) is 0 Å². The predicted molar refractivity (Wildman–Crippen MR) is 71.9 cm³/mol. The number of carbonyl (C=O) groups is 1. The van der Waals surface area contributed by atoms with Crippen molar-refractivity contribution in [1.82, 2.24) is 4.90 Å². The van der Waals surface area contributed by atoms with E-state index in [2.05, 4.69) is 15.9 Å². The molecular formula is C13H17BrFNO2. The molecule has 1 aromatic carbocycles. The lowest BCUT2D eigenvalue weighted by Gasteiger charge is -2.26. The molecule has 1 N–H and O–H groups in total. The molecule has 0 aromatic heterocycles. The van der Waals surface area contributed by atoms with E-state index in [1.807, 2.05) is 18.9 Å². The van der Waals surface area contributed by atoms with E-state index in [0.29, 0.717) is 11.0 Å². The number of hydrogen-bond acceptors (Lipinski definition) is 2. The van der Waals surface area contributed by atoms with Crippen LogP contribution in [0, 0.1) is 11.7 Å². The molecule has 1 aromatic rings. The van der Waals surface area contributed by atoms with Crippen molar-refractivity contribution in [2.45, 2.75) is 19.9 Å². The number of rotatable bonds is 5. The normalized spacial score (nSPS) is 14.6. The summed E-state index contributed by atoms with van der Waals surface area (Å²) in [5, 5.41) is 8.88. The molecule has 1 rings (SSSR count). The fraction of sp³-hybridized carbons (Fsp3) is 0.462. The monoisotopic (exact) mass is 317 g/mol. The molecular weight excluding hydrogens is 301 g/mol. The predicted octanol–water partition coefficient (Wildman–Crippen LogP) is 3.30. The molecule has 0 aliphatic heterocycles. The van der Waals surface area contributed by atoms with Gasteiger partial charge in [-0.1, -0.05) is 13.0 Å². The Kier molecular flexibility index (Phi) is 5.28. The first kappa shape index (κ1) is 15.1. The summed E-state index contributed by atoms with van der Waals surface area (Å²) in [5.41, 5.74) is 0.948. The molecule has 100 valence electrons. The summed E-state index contributed by atoms with van der Waals surface area (Å²) in [7, 11) is 1.86. The van der Waals surface area contributed by atoms with Crippen LogP contribution in [0.2, 0.25) is 0 Å². The summed E-state index contributed by atoms with van der Waals surface area (Å²) in [6, 6.07) is 4.88. The number of halogens is 2. The summed E-state index contributed by atoms with van der Waals surface area (Å²) in [4.78, 5) is 12.8. The molecule has 0 heterocycles. The third kappa shape index (κ3) is 3.78. The van der Waals surface area contributed by atoms with E-state index >= 15 is 0 Å². The largest absolute Gasteiger partial charge is 0.481 e. The Morgan fingerprint density at radius 1 is 1.50 bits per heavy atom. The third-order valence-electron chi connectivity index (χ3n) is 3.07. The minimum atomic E-state index is -0.811. The zero-order chi connectivity index (χ0) is 13.9. The Morgan fingerprint density at radius 2 is 2.11 bits per heavy atom. The molecule has 0 saturated carbocycles. The second-order valence-electron chi connectivity index (χ2n) is 4.53. The highest BCUT2D eigenvalue weighted by Crippen LogP contribution is 2.24. The molecule has 0 fully saturated rings. The molecule has 0 aliphatic carbocycles. The highest BCUT2D eigenvalue weighted by molar-refractivity contribution is 9.10. The van der Waals surface area contributed by atoms with E-state index in [1.54, 1.807) is 19.1 Å². The maximum Gasteiger partial charge on any atom is 0.307 e. The number of carboxylic acid groups (broad SMARTS) is 1. The van der Waals surface area contributed by atoms with Crippen LogP contribution in [-0.2, 0) is 4.79 Å². The Labute approximate surface area is 115 Å². The molecule has 3 nitrogen and oxygen atoms in total. The third-order valence-corrected chi connectivity index (χ3v) is 3.68. The molecule has 0 bridgehead atoms. The maximum absolute atomic E-state index is 13.1. The van der Waals surface area contributed by atoms with Crippen molar-refractivity contribution >= 4 is 21.9 Å². The second kappa shape index (κ2) is 6.29. The minimum Gasteiger partial charge on any atom is -0.481 e. The van der Waals surface area contributed by atoms with E-state index in [0.717, 1.165) is 5.56 Å². The first-order chi connectivity index (χ1) is 8.32. The van der Waals surface area contributed by atoms with E-state index in [-0.39, 0.29) is 11.9 Å². The van der Waals surface area contributed by atoms with Gasteiger partial charge in [0.2, 0.25) is 0 Å². The van der Waals surface area contributed by atoms with Crippen LogP contribution in [0.5, 0.6) is 0 Å².